The topological polar surface area (TPSA) is 92.8 Å². The van der Waals surface area contributed by atoms with Gasteiger partial charge in [0, 0.05) is 17.1 Å². The molecule has 2 aromatic heterocycles. The lowest BCUT2D eigenvalue weighted by molar-refractivity contribution is 0.386. The molecule has 98 valence electrons. The summed E-state index contributed by atoms with van der Waals surface area (Å²) in [6.07, 6.45) is 2.58. The normalized spacial score (nSPS) is 11.1. The van der Waals surface area contributed by atoms with Gasteiger partial charge in [-0.25, -0.2) is 0 Å². The molecule has 0 saturated carbocycles. The number of nitrogens with zero attached hydrogens (tertiary/aromatic N) is 2. The number of aromatic amines is 1. The van der Waals surface area contributed by atoms with Crippen LogP contribution in [0.5, 0.6) is 0 Å². The number of anilines is 1. The number of H-pyrrole nitrogens is 1. The number of benzene rings is 1. The maximum atomic E-state index is 5.36. The summed E-state index contributed by atoms with van der Waals surface area (Å²) in [5.41, 5.74) is 8.84. The van der Waals surface area contributed by atoms with Crippen molar-refractivity contribution in [3.8, 4) is 0 Å². The summed E-state index contributed by atoms with van der Waals surface area (Å²) < 4.78 is 5.17. The van der Waals surface area contributed by atoms with E-state index >= 15 is 0 Å². The lowest BCUT2D eigenvalue weighted by atomic mass is 10.1. The van der Waals surface area contributed by atoms with Crippen LogP contribution in [-0.4, -0.2) is 21.8 Å². The SMILES string of the molecule is Cc1ccc2c(Cc3nc(NCN)no3)c[nH]c2c1. The maximum Gasteiger partial charge on any atom is 0.264 e. The van der Waals surface area contributed by atoms with Gasteiger partial charge in [-0.2, -0.15) is 4.98 Å². The summed E-state index contributed by atoms with van der Waals surface area (Å²) in [5, 5.41) is 7.78. The molecular formula is C13H15N5O. The molecule has 0 aliphatic heterocycles. The third-order valence-corrected chi connectivity index (χ3v) is 2.99. The lowest BCUT2D eigenvalue weighted by Crippen LogP contribution is -2.11. The smallest absolute Gasteiger partial charge is 0.264 e. The Kier molecular flexibility index (Phi) is 2.92. The van der Waals surface area contributed by atoms with E-state index in [2.05, 4.69) is 45.6 Å². The van der Waals surface area contributed by atoms with Crippen molar-refractivity contribution < 1.29 is 4.52 Å². The number of aryl methyl sites for hydroxylation is 1. The van der Waals surface area contributed by atoms with E-state index < -0.39 is 0 Å². The van der Waals surface area contributed by atoms with Gasteiger partial charge >= 0.3 is 0 Å². The van der Waals surface area contributed by atoms with Crippen LogP contribution in [0.4, 0.5) is 5.95 Å². The highest BCUT2D eigenvalue weighted by atomic mass is 16.5. The zero-order valence-electron chi connectivity index (χ0n) is 10.6. The first-order valence-electron chi connectivity index (χ1n) is 6.09. The Morgan fingerprint density at radius 3 is 3.16 bits per heavy atom. The van der Waals surface area contributed by atoms with Crippen LogP contribution in [0.25, 0.3) is 10.9 Å². The summed E-state index contributed by atoms with van der Waals surface area (Å²) in [7, 11) is 0. The number of rotatable bonds is 4. The second kappa shape index (κ2) is 4.74. The molecule has 0 aliphatic rings. The van der Waals surface area contributed by atoms with Crippen LogP contribution in [0.2, 0.25) is 0 Å². The van der Waals surface area contributed by atoms with Gasteiger partial charge < -0.3 is 20.6 Å². The van der Waals surface area contributed by atoms with E-state index in [0.29, 0.717) is 18.3 Å². The standard InChI is InChI=1S/C13H15N5O/c1-8-2-3-10-9(6-15-11(10)4-8)5-12-17-13(16-7-14)18-19-12/h2-4,6,15H,5,7,14H2,1H3,(H,16,18). The molecule has 0 atom stereocenters. The molecule has 0 aliphatic carbocycles. The number of hydrogen-bond acceptors (Lipinski definition) is 5. The van der Waals surface area contributed by atoms with E-state index in [1.54, 1.807) is 0 Å². The average molecular weight is 257 g/mol. The first-order valence-corrected chi connectivity index (χ1v) is 6.09. The quantitative estimate of drug-likeness (QED) is 0.619. The highest BCUT2D eigenvalue weighted by molar-refractivity contribution is 5.84. The first-order chi connectivity index (χ1) is 9.26. The van der Waals surface area contributed by atoms with E-state index in [4.69, 9.17) is 10.3 Å². The largest absolute Gasteiger partial charge is 0.361 e. The van der Waals surface area contributed by atoms with Gasteiger partial charge in [-0.1, -0.05) is 12.1 Å². The monoisotopic (exact) mass is 257 g/mol. The van der Waals surface area contributed by atoms with Gasteiger partial charge in [-0.15, -0.1) is 0 Å². The molecule has 3 rings (SSSR count). The van der Waals surface area contributed by atoms with Crippen molar-refractivity contribution in [2.75, 3.05) is 12.0 Å². The molecule has 3 aromatic rings. The minimum Gasteiger partial charge on any atom is -0.361 e. The molecule has 0 amide bonds. The Hall–Kier alpha value is -2.34. The van der Waals surface area contributed by atoms with Gasteiger partial charge in [0.05, 0.1) is 13.1 Å². The molecule has 0 spiro atoms. The van der Waals surface area contributed by atoms with Crippen LogP contribution in [0.1, 0.15) is 17.0 Å². The molecule has 2 heterocycles. The molecule has 6 heteroatoms. The Morgan fingerprint density at radius 2 is 2.32 bits per heavy atom. The van der Waals surface area contributed by atoms with Gasteiger partial charge in [0.25, 0.3) is 5.95 Å². The number of nitrogens with two attached hydrogens (primary N) is 1. The average Bonchev–Trinajstić information content (AvgIpc) is 2.98. The second-order valence-corrected chi connectivity index (χ2v) is 4.43. The number of hydrogen-bond donors (Lipinski definition) is 3. The molecule has 0 radical (unpaired) electrons. The summed E-state index contributed by atoms with van der Waals surface area (Å²) >= 11 is 0. The zero-order chi connectivity index (χ0) is 13.2. The molecule has 6 nitrogen and oxygen atoms in total. The Morgan fingerprint density at radius 1 is 1.42 bits per heavy atom. The molecule has 0 bridgehead atoms. The van der Waals surface area contributed by atoms with Crippen molar-refractivity contribution in [2.45, 2.75) is 13.3 Å². The number of fused-ring (bicyclic) bond motifs is 1. The van der Waals surface area contributed by atoms with Gasteiger partial charge in [0.1, 0.15) is 0 Å². The van der Waals surface area contributed by atoms with E-state index in [1.165, 1.54) is 10.9 Å². The second-order valence-electron chi connectivity index (χ2n) is 4.43. The predicted molar refractivity (Wildman–Crippen MR) is 72.8 cm³/mol. The molecule has 19 heavy (non-hydrogen) atoms. The minimum atomic E-state index is 0.283. The number of nitrogens with one attached hydrogen (secondary N) is 2. The molecule has 1 aromatic carbocycles. The van der Waals surface area contributed by atoms with Crippen LogP contribution < -0.4 is 11.1 Å². The predicted octanol–water partition coefficient (Wildman–Crippen LogP) is 1.78. The van der Waals surface area contributed by atoms with Crippen LogP contribution in [-0.2, 0) is 6.42 Å². The Balaban J connectivity index is 1.88. The van der Waals surface area contributed by atoms with Crippen molar-refractivity contribution in [1.29, 1.82) is 0 Å². The van der Waals surface area contributed by atoms with E-state index in [-0.39, 0.29) is 6.67 Å². The third-order valence-electron chi connectivity index (χ3n) is 2.99. The van der Waals surface area contributed by atoms with Crippen LogP contribution >= 0.6 is 0 Å². The fraction of sp³-hybridized carbons (Fsp3) is 0.231. The van der Waals surface area contributed by atoms with E-state index in [9.17, 15) is 0 Å². The molecule has 0 fully saturated rings. The molecule has 4 N–H and O–H groups in total. The summed E-state index contributed by atoms with van der Waals surface area (Å²) in [5.74, 6) is 0.991. The highest BCUT2D eigenvalue weighted by Crippen LogP contribution is 2.21. The highest BCUT2D eigenvalue weighted by Gasteiger charge is 2.10. The fourth-order valence-electron chi connectivity index (χ4n) is 2.10. The van der Waals surface area contributed by atoms with Crippen LogP contribution in [0, 0.1) is 6.92 Å². The van der Waals surface area contributed by atoms with Gasteiger partial charge in [0.15, 0.2) is 0 Å². The van der Waals surface area contributed by atoms with Crippen LogP contribution in [0.15, 0.2) is 28.9 Å². The lowest BCUT2D eigenvalue weighted by Gasteiger charge is -1.96. The van der Waals surface area contributed by atoms with E-state index in [0.717, 1.165) is 11.1 Å². The summed E-state index contributed by atoms with van der Waals surface area (Å²) in [6.45, 7) is 2.36. The van der Waals surface area contributed by atoms with Crippen molar-refractivity contribution >= 4 is 16.9 Å². The van der Waals surface area contributed by atoms with Crippen molar-refractivity contribution in [3.63, 3.8) is 0 Å². The van der Waals surface area contributed by atoms with E-state index in [1.807, 2.05) is 6.20 Å². The molecule has 0 unspecified atom stereocenters. The first kappa shape index (κ1) is 11.7. The van der Waals surface area contributed by atoms with Crippen molar-refractivity contribution in [2.24, 2.45) is 5.73 Å². The minimum absolute atomic E-state index is 0.283. The van der Waals surface area contributed by atoms with Crippen molar-refractivity contribution in [1.82, 2.24) is 15.1 Å². The van der Waals surface area contributed by atoms with Gasteiger partial charge in [0.2, 0.25) is 5.89 Å². The zero-order valence-corrected chi connectivity index (χ0v) is 10.6. The maximum absolute atomic E-state index is 5.36. The Bertz CT molecular complexity index is 700. The van der Waals surface area contributed by atoms with Crippen LogP contribution in [0.3, 0.4) is 0 Å². The van der Waals surface area contributed by atoms with Gasteiger partial charge in [-0.3, -0.25) is 0 Å². The molecular weight excluding hydrogens is 242 g/mol. The fourth-order valence-corrected chi connectivity index (χ4v) is 2.10. The van der Waals surface area contributed by atoms with Crippen molar-refractivity contribution in [3.05, 3.63) is 41.4 Å². The third kappa shape index (κ3) is 2.30. The number of aromatic nitrogens is 3. The van der Waals surface area contributed by atoms with Gasteiger partial charge in [-0.05, 0) is 29.3 Å². The molecule has 0 saturated heterocycles. The summed E-state index contributed by atoms with van der Waals surface area (Å²) in [6, 6.07) is 6.31. The Labute approximate surface area is 110 Å². The summed E-state index contributed by atoms with van der Waals surface area (Å²) in [4.78, 5) is 7.47.